The Labute approximate surface area is 227 Å². The molecule has 0 bridgehead atoms. The maximum atomic E-state index is 12.4. The van der Waals surface area contributed by atoms with E-state index in [4.69, 9.17) is 19.4 Å². The quantitative estimate of drug-likeness (QED) is 0.184. The van der Waals surface area contributed by atoms with Gasteiger partial charge in [-0.1, -0.05) is 49.4 Å². The maximum Gasteiger partial charge on any atom is 0.324 e. The highest BCUT2D eigenvalue weighted by molar-refractivity contribution is 7.23. The van der Waals surface area contributed by atoms with Crippen molar-refractivity contribution < 1.29 is 24.0 Å². The molecule has 5 rings (SSSR count). The number of carboxylic acid groups (broad SMARTS) is 1. The first-order chi connectivity index (χ1) is 18.7. The molecule has 11 nitrogen and oxygen atoms in total. The van der Waals surface area contributed by atoms with E-state index in [2.05, 4.69) is 21.1 Å². The van der Waals surface area contributed by atoms with Gasteiger partial charge in [0.05, 0.1) is 22.5 Å². The van der Waals surface area contributed by atoms with Crippen LogP contribution in [0, 0.1) is 0 Å². The highest BCUT2D eigenvalue weighted by Gasteiger charge is 2.20. The molecule has 2 amide bonds. The molecule has 0 spiro atoms. The number of carbonyl (C=O) groups is 2. The van der Waals surface area contributed by atoms with E-state index < -0.39 is 12.0 Å². The molecule has 12 heteroatoms. The van der Waals surface area contributed by atoms with Crippen molar-refractivity contribution in [1.29, 1.82) is 0 Å². The summed E-state index contributed by atoms with van der Waals surface area (Å²) in [5, 5.41) is 20.8. The minimum Gasteiger partial charge on any atom is -0.492 e. The molecule has 39 heavy (non-hydrogen) atoms. The maximum absolute atomic E-state index is 12.4. The average molecular weight is 549 g/mol. The second-order valence-corrected chi connectivity index (χ2v) is 10.9. The van der Waals surface area contributed by atoms with Gasteiger partial charge in [0.15, 0.2) is 10.8 Å². The lowest BCUT2D eigenvalue weighted by Crippen LogP contribution is -2.26. The van der Waals surface area contributed by atoms with Crippen molar-refractivity contribution >= 4 is 50.0 Å². The van der Waals surface area contributed by atoms with Crippen molar-refractivity contribution in [3.63, 3.8) is 0 Å². The topological polar surface area (TPSA) is 143 Å². The Morgan fingerprint density at radius 2 is 1.90 bits per heavy atom. The number of nitrogens with zero attached hydrogens (tertiary/aromatic N) is 3. The number of nitrogens with one attached hydrogen (secondary N) is 3. The summed E-state index contributed by atoms with van der Waals surface area (Å²) in [7, 11) is 0. The summed E-state index contributed by atoms with van der Waals surface area (Å²) in [6, 6.07) is 14.6. The van der Waals surface area contributed by atoms with Crippen molar-refractivity contribution in [2.45, 2.75) is 26.2 Å². The van der Waals surface area contributed by atoms with Crippen LogP contribution in [0.25, 0.3) is 26.4 Å². The van der Waals surface area contributed by atoms with E-state index in [1.165, 1.54) is 0 Å². The van der Waals surface area contributed by atoms with Crippen molar-refractivity contribution in [3.05, 3.63) is 60.5 Å². The number of rotatable bonds is 9. The number of carboxylic acids is 1. The van der Waals surface area contributed by atoms with Crippen molar-refractivity contribution in [1.82, 2.24) is 19.9 Å². The van der Waals surface area contributed by atoms with Crippen LogP contribution in [0.2, 0.25) is 0 Å². The Kier molecular flexibility index (Phi) is 7.22. The summed E-state index contributed by atoms with van der Waals surface area (Å²) >= 11 is 1.55. The van der Waals surface area contributed by atoms with Gasteiger partial charge < -0.3 is 25.0 Å². The van der Waals surface area contributed by atoms with Crippen LogP contribution in [0.1, 0.15) is 26.5 Å². The molecule has 0 aliphatic rings. The van der Waals surface area contributed by atoms with Gasteiger partial charge >= 0.3 is 12.0 Å². The van der Waals surface area contributed by atoms with Crippen LogP contribution in [0.5, 0.6) is 5.75 Å². The lowest BCUT2D eigenvalue weighted by atomic mass is 9.93. The van der Waals surface area contributed by atoms with Crippen LogP contribution in [-0.4, -0.2) is 51.3 Å². The van der Waals surface area contributed by atoms with E-state index in [1.807, 2.05) is 73.8 Å². The number of aromatic nitrogens is 3. The van der Waals surface area contributed by atoms with Crippen molar-refractivity contribution in [2.75, 3.05) is 30.3 Å². The van der Waals surface area contributed by atoms with Crippen LogP contribution in [0.15, 0.2) is 59.3 Å². The monoisotopic (exact) mass is 548 g/mol. The lowest BCUT2D eigenvalue weighted by Gasteiger charge is -2.12. The Balaban J connectivity index is 1.21. The SMILES string of the molecule is CC(C)(C)c1cc(NC(=O)Nc2ccc(-c3cn4c(n3)sc3cc(OCCNCC(=O)O)ccc34)cc2)no1. The van der Waals surface area contributed by atoms with Gasteiger partial charge in [-0.2, -0.15) is 0 Å². The van der Waals surface area contributed by atoms with Gasteiger partial charge in [0.1, 0.15) is 18.1 Å². The minimum atomic E-state index is -0.897. The molecule has 0 aliphatic heterocycles. The van der Waals surface area contributed by atoms with Gasteiger partial charge in [0, 0.05) is 35.5 Å². The molecule has 2 aromatic carbocycles. The second kappa shape index (κ2) is 10.8. The number of amides is 2. The zero-order valence-corrected chi connectivity index (χ0v) is 22.5. The van der Waals surface area contributed by atoms with E-state index in [0.29, 0.717) is 30.4 Å². The molecular formula is C27H28N6O5S. The standard InChI is InChI=1S/C27H28N6O5S/c1-27(2,3)22-13-23(32-38-22)31-25(36)29-17-6-4-16(5-7-17)19-15-33-20-9-8-18(12-21(20)39-26(33)30-19)37-11-10-28-14-24(34)35/h4-9,12-13,15,28H,10-11,14H2,1-3H3,(H,34,35)(H2,29,31,32,36). The second-order valence-electron chi connectivity index (χ2n) is 9.91. The van der Waals surface area contributed by atoms with E-state index >= 15 is 0 Å². The fraction of sp³-hybridized carbons (Fsp3) is 0.259. The third kappa shape index (κ3) is 6.19. The number of thiazole rings is 1. The Morgan fingerprint density at radius 1 is 1.10 bits per heavy atom. The fourth-order valence-electron chi connectivity index (χ4n) is 3.84. The number of anilines is 2. The summed E-state index contributed by atoms with van der Waals surface area (Å²) < 4.78 is 14.1. The molecule has 3 aromatic heterocycles. The molecular weight excluding hydrogens is 520 g/mol. The van der Waals surface area contributed by atoms with E-state index in [-0.39, 0.29) is 12.0 Å². The van der Waals surface area contributed by atoms with E-state index in [0.717, 1.165) is 32.2 Å². The molecule has 0 fully saturated rings. The zero-order valence-electron chi connectivity index (χ0n) is 21.6. The average Bonchev–Trinajstić information content (AvgIpc) is 3.58. The van der Waals surface area contributed by atoms with Gasteiger partial charge in [0.25, 0.3) is 0 Å². The summed E-state index contributed by atoms with van der Waals surface area (Å²) in [6.07, 6.45) is 1.98. The van der Waals surface area contributed by atoms with Gasteiger partial charge in [0.2, 0.25) is 0 Å². The van der Waals surface area contributed by atoms with Crippen molar-refractivity contribution in [3.8, 4) is 17.0 Å². The van der Waals surface area contributed by atoms with Crippen LogP contribution in [-0.2, 0) is 10.2 Å². The minimum absolute atomic E-state index is 0.0935. The Bertz CT molecular complexity index is 1630. The third-order valence-electron chi connectivity index (χ3n) is 5.82. The zero-order chi connectivity index (χ0) is 27.6. The van der Waals surface area contributed by atoms with Gasteiger partial charge in [-0.05, 0) is 30.3 Å². The summed E-state index contributed by atoms with van der Waals surface area (Å²) in [4.78, 5) is 28.6. The first-order valence-electron chi connectivity index (χ1n) is 12.3. The molecule has 4 N–H and O–H groups in total. The fourth-order valence-corrected chi connectivity index (χ4v) is 4.87. The van der Waals surface area contributed by atoms with Crippen LogP contribution in [0.4, 0.5) is 16.3 Å². The predicted molar refractivity (Wildman–Crippen MR) is 150 cm³/mol. The molecule has 202 valence electrons. The van der Waals surface area contributed by atoms with E-state index in [1.54, 1.807) is 17.4 Å². The molecule has 5 aromatic rings. The lowest BCUT2D eigenvalue weighted by molar-refractivity contribution is -0.135. The summed E-state index contributed by atoms with van der Waals surface area (Å²) in [6.45, 7) is 6.74. The van der Waals surface area contributed by atoms with Crippen LogP contribution < -0.4 is 20.7 Å². The highest BCUT2D eigenvalue weighted by Crippen LogP contribution is 2.32. The number of ether oxygens (including phenoxy) is 1. The molecule has 3 heterocycles. The molecule has 0 aliphatic carbocycles. The predicted octanol–water partition coefficient (Wildman–Crippen LogP) is 5.20. The van der Waals surface area contributed by atoms with Gasteiger partial charge in [-0.3, -0.25) is 14.5 Å². The number of aliphatic carboxylic acids is 1. The number of urea groups is 1. The summed E-state index contributed by atoms with van der Waals surface area (Å²) in [5.41, 5.74) is 3.19. The van der Waals surface area contributed by atoms with Crippen LogP contribution >= 0.6 is 11.3 Å². The Hall–Kier alpha value is -4.42. The number of carbonyl (C=O) groups excluding carboxylic acids is 1. The van der Waals surface area contributed by atoms with E-state index in [9.17, 15) is 9.59 Å². The van der Waals surface area contributed by atoms with Gasteiger partial charge in [-0.25, -0.2) is 9.78 Å². The normalized spacial score (nSPS) is 11.7. The first kappa shape index (κ1) is 26.2. The smallest absolute Gasteiger partial charge is 0.324 e. The van der Waals surface area contributed by atoms with Gasteiger partial charge in [-0.15, -0.1) is 0 Å². The largest absolute Gasteiger partial charge is 0.492 e. The molecule has 0 saturated heterocycles. The number of fused-ring (bicyclic) bond motifs is 3. The molecule has 0 saturated carbocycles. The number of benzene rings is 2. The number of hydrogen-bond acceptors (Lipinski definition) is 8. The molecule has 0 unspecified atom stereocenters. The molecule has 0 atom stereocenters. The summed E-state index contributed by atoms with van der Waals surface area (Å²) in [5.74, 6) is 0.860. The third-order valence-corrected chi connectivity index (χ3v) is 6.84. The molecule has 0 radical (unpaired) electrons. The first-order valence-corrected chi connectivity index (χ1v) is 13.1. The number of hydrogen-bond donors (Lipinski definition) is 4. The highest BCUT2D eigenvalue weighted by atomic mass is 32.1. The van der Waals surface area contributed by atoms with Crippen molar-refractivity contribution in [2.24, 2.45) is 0 Å². The van der Waals surface area contributed by atoms with Crippen LogP contribution in [0.3, 0.4) is 0 Å². The Morgan fingerprint density at radius 3 is 2.62 bits per heavy atom. The number of imidazole rings is 1.